The molecular formula is C19H29ClN2. The summed E-state index contributed by atoms with van der Waals surface area (Å²) in [7, 11) is 2.24. The van der Waals surface area contributed by atoms with Crippen LogP contribution in [0.15, 0.2) is 24.3 Å². The smallest absolute Gasteiger partial charge is 0.0408 e. The van der Waals surface area contributed by atoms with Crippen LogP contribution in [-0.4, -0.2) is 37.6 Å². The van der Waals surface area contributed by atoms with E-state index in [1.165, 1.54) is 57.2 Å². The third-order valence-electron chi connectivity index (χ3n) is 5.37. The van der Waals surface area contributed by atoms with Gasteiger partial charge < -0.3 is 10.2 Å². The Labute approximate surface area is 140 Å². The molecule has 1 saturated heterocycles. The minimum Gasteiger partial charge on any atom is -0.312 e. The fraction of sp³-hybridized carbons (Fsp3) is 0.684. The number of halogens is 1. The summed E-state index contributed by atoms with van der Waals surface area (Å²) in [6, 6.07) is 9.04. The Morgan fingerprint density at radius 1 is 1.18 bits per heavy atom. The first-order valence-electron chi connectivity index (χ1n) is 8.88. The lowest BCUT2D eigenvalue weighted by atomic mass is 9.86. The highest BCUT2D eigenvalue weighted by Gasteiger charge is 2.27. The molecule has 2 nitrogen and oxygen atoms in total. The van der Waals surface area contributed by atoms with Crippen molar-refractivity contribution in [2.45, 2.75) is 50.5 Å². The van der Waals surface area contributed by atoms with E-state index < -0.39 is 0 Å². The zero-order chi connectivity index (χ0) is 15.4. The predicted octanol–water partition coefficient (Wildman–Crippen LogP) is 4.30. The Morgan fingerprint density at radius 3 is 2.77 bits per heavy atom. The molecule has 122 valence electrons. The van der Waals surface area contributed by atoms with E-state index in [1.54, 1.807) is 0 Å². The van der Waals surface area contributed by atoms with Crippen LogP contribution in [0.2, 0.25) is 5.02 Å². The van der Waals surface area contributed by atoms with Gasteiger partial charge in [0.05, 0.1) is 0 Å². The number of hydrogen-bond donors (Lipinski definition) is 1. The number of nitrogens with one attached hydrogen (secondary N) is 1. The first-order chi connectivity index (χ1) is 10.7. The highest BCUT2D eigenvalue weighted by molar-refractivity contribution is 6.30. The van der Waals surface area contributed by atoms with Gasteiger partial charge in [-0.25, -0.2) is 0 Å². The van der Waals surface area contributed by atoms with E-state index in [1.807, 2.05) is 6.07 Å². The Balaban J connectivity index is 1.56. The molecule has 0 radical (unpaired) electrons. The van der Waals surface area contributed by atoms with Gasteiger partial charge in [-0.2, -0.15) is 0 Å². The third kappa shape index (κ3) is 4.47. The molecule has 1 heterocycles. The molecule has 0 bridgehead atoms. The Hall–Kier alpha value is -0.570. The van der Waals surface area contributed by atoms with Gasteiger partial charge in [-0.1, -0.05) is 43.0 Å². The molecule has 1 aromatic rings. The molecule has 1 saturated carbocycles. The normalized spacial score (nSPS) is 27.9. The molecule has 1 aliphatic carbocycles. The fourth-order valence-corrected chi connectivity index (χ4v) is 4.39. The average Bonchev–Trinajstić information content (AvgIpc) is 2.53. The number of rotatable bonds is 4. The van der Waals surface area contributed by atoms with E-state index in [4.69, 9.17) is 11.6 Å². The average molecular weight is 321 g/mol. The Morgan fingerprint density at radius 2 is 2.00 bits per heavy atom. The summed E-state index contributed by atoms with van der Waals surface area (Å²) in [6.07, 6.45) is 8.39. The van der Waals surface area contributed by atoms with Crippen molar-refractivity contribution in [3.8, 4) is 0 Å². The monoisotopic (exact) mass is 320 g/mol. The van der Waals surface area contributed by atoms with Gasteiger partial charge in [0.15, 0.2) is 0 Å². The zero-order valence-corrected chi connectivity index (χ0v) is 14.5. The summed E-state index contributed by atoms with van der Waals surface area (Å²) in [5.41, 5.74) is 1.39. The quantitative estimate of drug-likeness (QED) is 0.890. The molecule has 2 aliphatic rings. The van der Waals surface area contributed by atoms with Gasteiger partial charge in [0, 0.05) is 24.2 Å². The number of likely N-dealkylation sites (N-methyl/N-ethyl adjacent to an activating group) is 1. The first-order valence-corrected chi connectivity index (χ1v) is 9.26. The van der Waals surface area contributed by atoms with E-state index in [9.17, 15) is 0 Å². The van der Waals surface area contributed by atoms with E-state index in [0.717, 1.165) is 17.5 Å². The molecule has 1 N–H and O–H groups in total. The van der Waals surface area contributed by atoms with Crippen molar-refractivity contribution in [2.75, 3.05) is 26.7 Å². The number of piperidine rings is 1. The maximum absolute atomic E-state index is 6.17. The van der Waals surface area contributed by atoms with Gasteiger partial charge in [0.25, 0.3) is 0 Å². The van der Waals surface area contributed by atoms with Crippen LogP contribution >= 0.6 is 11.6 Å². The summed E-state index contributed by atoms with van der Waals surface area (Å²) >= 11 is 6.17. The third-order valence-corrected chi connectivity index (χ3v) is 5.61. The lowest BCUT2D eigenvalue weighted by molar-refractivity contribution is 0.195. The molecule has 0 amide bonds. The summed E-state index contributed by atoms with van der Waals surface area (Å²) in [4.78, 5) is 2.47. The first kappa shape index (κ1) is 16.3. The van der Waals surface area contributed by atoms with Crippen molar-refractivity contribution in [3.63, 3.8) is 0 Å². The molecule has 1 aliphatic heterocycles. The number of nitrogens with zero attached hydrogens (tertiary/aromatic N) is 1. The fourth-order valence-electron chi connectivity index (χ4n) is 4.19. The molecular weight excluding hydrogens is 292 g/mol. The summed E-state index contributed by atoms with van der Waals surface area (Å²) < 4.78 is 0. The standard InChI is InChI=1S/C19H29ClN2/c1-22-13-17(16-8-5-9-18(20)10-16)11-19(14-22)21-12-15-6-3-2-4-7-15/h5,8-10,15,17,19,21H,2-4,6-7,11-14H2,1H3. The van der Waals surface area contributed by atoms with Gasteiger partial charge in [0.2, 0.25) is 0 Å². The van der Waals surface area contributed by atoms with Gasteiger partial charge in [-0.05, 0) is 62.4 Å². The van der Waals surface area contributed by atoms with Crippen molar-refractivity contribution < 1.29 is 0 Å². The maximum Gasteiger partial charge on any atom is 0.0408 e. The lowest BCUT2D eigenvalue weighted by Gasteiger charge is -2.37. The van der Waals surface area contributed by atoms with Crippen LogP contribution in [0.25, 0.3) is 0 Å². The van der Waals surface area contributed by atoms with Crippen LogP contribution in [0.1, 0.15) is 50.0 Å². The number of likely N-dealkylation sites (tertiary alicyclic amines) is 1. The second-order valence-electron chi connectivity index (χ2n) is 7.32. The van der Waals surface area contributed by atoms with E-state index >= 15 is 0 Å². The molecule has 2 fully saturated rings. The Bertz CT molecular complexity index is 470. The zero-order valence-electron chi connectivity index (χ0n) is 13.7. The topological polar surface area (TPSA) is 15.3 Å². The second kappa shape index (κ2) is 7.81. The molecule has 3 heteroatoms. The van der Waals surface area contributed by atoms with Crippen molar-refractivity contribution in [2.24, 2.45) is 5.92 Å². The van der Waals surface area contributed by atoms with Crippen LogP contribution in [0.5, 0.6) is 0 Å². The SMILES string of the molecule is CN1CC(NCC2CCCCC2)CC(c2cccc(Cl)c2)C1. The minimum absolute atomic E-state index is 0.598. The summed E-state index contributed by atoms with van der Waals surface area (Å²) in [5.74, 6) is 1.51. The molecule has 0 spiro atoms. The molecule has 0 aromatic heterocycles. The van der Waals surface area contributed by atoms with Gasteiger partial charge in [-0.15, -0.1) is 0 Å². The van der Waals surface area contributed by atoms with Crippen LogP contribution in [-0.2, 0) is 0 Å². The van der Waals surface area contributed by atoms with Crippen LogP contribution in [0.3, 0.4) is 0 Å². The van der Waals surface area contributed by atoms with Crippen molar-refractivity contribution in [1.29, 1.82) is 0 Å². The van der Waals surface area contributed by atoms with Gasteiger partial charge >= 0.3 is 0 Å². The van der Waals surface area contributed by atoms with Gasteiger partial charge in [-0.3, -0.25) is 0 Å². The lowest BCUT2D eigenvalue weighted by Crippen LogP contribution is -2.48. The van der Waals surface area contributed by atoms with E-state index in [-0.39, 0.29) is 0 Å². The van der Waals surface area contributed by atoms with Crippen LogP contribution < -0.4 is 5.32 Å². The number of benzene rings is 1. The van der Waals surface area contributed by atoms with Gasteiger partial charge in [0.1, 0.15) is 0 Å². The molecule has 2 atom stereocenters. The van der Waals surface area contributed by atoms with Crippen LogP contribution in [0, 0.1) is 5.92 Å². The minimum atomic E-state index is 0.598. The van der Waals surface area contributed by atoms with E-state index in [0.29, 0.717) is 12.0 Å². The van der Waals surface area contributed by atoms with Crippen molar-refractivity contribution in [3.05, 3.63) is 34.9 Å². The molecule has 2 unspecified atom stereocenters. The summed E-state index contributed by atoms with van der Waals surface area (Å²) in [6.45, 7) is 3.52. The molecule has 22 heavy (non-hydrogen) atoms. The highest BCUT2D eigenvalue weighted by Crippen LogP contribution is 2.29. The highest BCUT2D eigenvalue weighted by atomic mass is 35.5. The van der Waals surface area contributed by atoms with E-state index in [2.05, 4.69) is 35.5 Å². The van der Waals surface area contributed by atoms with Crippen molar-refractivity contribution in [1.82, 2.24) is 10.2 Å². The predicted molar refractivity (Wildman–Crippen MR) is 94.7 cm³/mol. The summed E-state index contributed by atoms with van der Waals surface area (Å²) in [5, 5.41) is 4.72. The second-order valence-corrected chi connectivity index (χ2v) is 7.75. The molecule has 1 aromatic carbocycles. The van der Waals surface area contributed by atoms with Crippen LogP contribution in [0.4, 0.5) is 0 Å². The molecule has 3 rings (SSSR count). The number of hydrogen-bond acceptors (Lipinski definition) is 2. The maximum atomic E-state index is 6.17. The van der Waals surface area contributed by atoms with Crippen molar-refractivity contribution >= 4 is 11.6 Å². The largest absolute Gasteiger partial charge is 0.312 e. The Kier molecular flexibility index (Phi) is 5.78.